The largest absolute Gasteiger partial charge is 0.379 e. The van der Waals surface area contributed by atoms with E-state index in [4.69, 9.17) is 0 Å². The fourth-order valence-electron chi connectivity index (χ4n) is 4.89. The molecule has 0 radical (unpaired) electrons. The molecule has 2 aromatic rings. The van der Waals surface area contributed by atoms with Crippen LogP contribution in [0.3, 0.4) is 0 Å². The molecule has 1 unspecified atom stereocenters. The highest BCUT2D eigenvalue weighted by Gasteiger charge is 2.42. The van der Waals surface area contributed by atoms with Crippen LogP contribution in [0.5, 0.6) is 0 Å². The summed E-state index contributed by atoms with van der Waals surface area (Å²) in [4.78, 5) is 5.64. The molecule has 10 heteroatoms. The third kappa shape index (κ3) is 4.59. The molecule has 1 aromatic carbocycles. The molecule has 3 aliphatic rings. The molecular weight excluding hydrogens is 446 g/mol. The molecular formula is C24H30F2N4O4. The summed E-state index contributed by atoms with van der Waals surface area (Å²) < 4.78 is 29.5. The highest BCUT2D eigenvalue weighted by atomic mass is 19.3. The van der Waals surface area contributed by atoms with Crippen molar-refractivity contribution < 1.29 is 29.2 Å². The predicted octanol–water partition coefficient (Wildman–Crippen LogP) is 1.35. The van der Waals surface area contributed by atoms with E-state index in [1.54, 1.807) is 29.2 Å². The van der Waals surface area contributed by atoms with Gasteiger partial charge in [0.25, 0.3) is 0 Å². The number of aliphatic hydroxyl groups excluding tert-OH is 4. The Kier molecular flexibility index (Phi) is 6.40. The van der Waals surface area contributed by atoms with E-state index >= 15 is 0 Å². The molecule has 6 N–H and O–H groups in total. The number of rotatable bonds is 7. The molecule has 0 bridgehead atoms. The maximum atomic E-state index is 14.7. The number of hydrogen-bond donors (Lipinski definition) is 6. The van der Waals surface area contributed by atoms with E-state index in [9.17, 15) is 29.2 Å². The van der Waals surface area contributed by atoms with E-state index in [1.807, 2.05) is 0 Å². The van der Waals surface area contributed by atoms with Gasteiger partial charge in [-0.3, -0.25) is 20.5 Å². The summed E-state index contributed by atoms with van der Waals surface area (Å²) >= 11 is 0. The van der Waals surface area contributed by atoms with Crippen LogP contribution in [0.15, 0.2) is 36.5 Å². The fourth-order valence-corrected chi connectivity index (χ4v) is 4.89. The summed E-state index contributed by atoms with van der Waals surface area (Å²) in [7, 11) is 0. The number of nitrogens with one attached hydrogen (secondary N) is 2. The average Bonchev–Trinajstić information content (AvgIpc) is 3.62. The summed E-state index contributed by atoms with van der Waals surface area (Å²) in [6, 6.07) is 7.81. The van der Waals surface area contributed by atoms with E-state index in [1.165, 1.54) is 12.3 Å². The third-order valence-corrected chi connectivity index (χ3v) is 7.06. The second-order valence-electron chi connectivity index (χ2n) is 9.51. The van der Waals surface area contributed by atoms with Crippen molar-refractivity contribution in [2.45, 2.75) is 81.6 Å². The summed E-state index contributed by atoms with van der Waals surface area (Å²) in [5.41, 5.74) is 2.66. The lowest BCUT2D eigenvalue weighted by Crippen LogP contribution is -2.56. The van der Waals surface area contributed by atoms with Crippen molar-refractivity contribution in [1.29, 1.82) is 0 Å². The second kappa shape index (κ2) is 9.19. The molecule has 0 spiro atoms. The van der Waals surface area contributed by atoms with Gasteiger partial charge in [0.1, 0.15) is 24.4 Å². The molecule has 0 amide bonds. The highest BCUT2D eigenvalue weighted by molar-refractivity contribution is 5.37. The van der Waals surface area contributed by atoms with Gasteiger partial charge in [-0.05, 0) is 59.9 Å². The Labute approximate surface area is 196 Å². The van der Waals surface area contributed by atoms with Crippen LogP contribution in [0.25, 0.3) is 0 Å². The quantitative estimate of drug-likeness (QED) is 0.332. The molecule has 1 aromatic heterocycles. The van der Waals surface area contributed by atoms with Crippen molar-refractivity contribution >= 4 is 0 Å². The lowest BCUT2D eigenvalue weighted by atomic mass is 10.0. The molecule has 1 saturated carbocycles. The normalized spacial score (nSPS) is 28.6. The zero-order chi connectivity index (χ0) is 24.0. The number of hydrogen-bond acceptors (Lipinski definition) is 8. The van der Waals surface area contributed by atoms with Gasteiger partial charge in [0.2, 0.25) is 0 Å². The Bertz CT molecular complexity index is 1020. The van der Waals surface area contributed by atoms with Gasteiger partial charge in [-0.15, -0.1) is 0 Å². The summed E-state index contributed by atoms with van der Waals surface area (Å²) in [5.74, 6) is -3.14. The maximum Gasteiger partial charge on any atom is 0.328 e. The number of fused-ring (bicyclic) bond motifs is 1. The number of pyridine rings is 1. The molecule has 184 valence electrons. The van der Waals surface area contributed by atoms with E-state index in [-0.39, 0.29) is 12.6 Å². The van der Waals surface area contributed by atoms with Crippen molar-refractivity contribution in [1.82, 2.24) is 20.5 Å². The Morgan fingerprint density at radius 3 is 2.59 bits per heavy atom. The number of aliphatic hydroxyl groups is 4. The van der Waals surface area contributed by atoms with Crippen LogP contribution in [-0.4, -0.2) is 55.0 Å². The lowest BCUT2D eigenvalue weighted by molar-refractivity contribution is -0.132. The summed E-state index contributed by atoms with van der Waals surface area (Å²) in [6.07, 6.45) is -0.223. The first-order valence-electron chi connectivity index (χ1n) is 11.7. The van der Waals surface area contributed by atoms with Crippen LogP contribution in [0.1, 0.15) is 65.8 Å². The lowest BCUT2D eigenvalue weighted by Gasteiger charge is -2.39. The molecule has 2 fully saturated rings. The van der Waals surface area contributed by atoms with E-state index < -0.39 is 36.5 Å². The van der Waals surface area contributed by atoms with Gasteiger partial charge in [-0.1, -0.05) is 24.3 Å². The standard InChI is InChI=1S/C24H30F2N4O4/c25-24(26,19-7-4-15(11-27-19)14-2-3-14)23(34)28-10-13-1-5-17-16(9-13)12-30(22(17)33)18-6-8-20(31)29-21(18)32/h1,4-5,7,9,11,14,18,20-23,28-29,31-34H,2-3,6,8,10,12H2/t18?,20-,21+,22-,23+/m0/s1. The first kappa shape index (κ1) is 23.7. The monoisotopic (exact) mass is 476 g/mol. The minimum atomic E-state index is -3.56. The first-order valence-corrected chi connectivity index (χ1v) is 11.7. The molecule has 34 heavy (non-hydrogen) atoms. The minimum absolute atomic E-state index is 0.0000904. The molecule has 1 aliphatic carbocycles. The Morgan fingerprint density at radius 1 is 1.12 bits per heavy atom. The van der Waals surface area contributed by atoms with Gasteiger partial charge < -0.3 is 20.4 Å². The van der Waals surface area contributed by atoms with Crippen LogP contribution in [0.4, 0.5) is 8.78 Å². The molecule has 8 nitrogen and oxygen atoms in total. The molecule has 1 saturated heterocycles. The van der Waals surface area contributed by atoms with E-state index in [0.717, 1.165) is 24.0 Å². The van der Waals surface area contributed by atoms with E-state index in [2.05, 4.69) is 15.6 Å². The van der Waals surface area contributed by atoms with Crippen molar-refractivity contribution in [3.63, 3.8) is 0 Å². The van der Waals surface area contributed by atoms with Gasteiger partial charge in [-0.2, -0.15) is 8.78 Å². The van der Waals surface area contributed by atoms with Crippen LogP contribution >= 0.6 is 0 Å². The van der Waals surface area contributed by atoms with Crippen LogP contribution in [0.2, 0.25) is 0 Å². The zero-order valence-corrected chi connectivity index (χ0v) is 18.6. The Hall–Kier alpha value is -2.05. The van der Waals surface area contributed by atoms with Crippen molar-refractivity contribution in [2.75, 3.05) is 0 Å². The van der Waals surface area contributed by atoms with Gasteiger partial charge in [0, 0.05) is 19.3 Å². The van der Waals surface area contributed by atoms with Crippen molar-refractivity contribution in [3.05, 3.63) is 64.5 Å². The van der Waals surface area contributed by atoms with E-state index in [0.29, 0.717) is 36.4 Å². The summed E-state index contributed by atoms with van der Waals surface area (Å²) in [6.45, 7) is 0.375. The highest BCUT2D eigenvalue weighted by Crippen LogP contribution is 2.40. The number of nitrogens with zero attached hydrogens (tertiary/aromatic N) is 2. The SMILES string of the molecule is O[C@H]1CCC(N2Cc3cc(CN[C@H](O)C(F)(F)c4ccc(C5CC5)cn4)ccc3[C@@H]2O)[C@@H](O)N1. The second-order valence-corrected chi connectivity index (χ2v) is 9.51. The average molecular weight is 477 g/mol. The zero-order valence-electron chi connectivity index (χ0n) is 18.6. The van der Waals surface area contributed by atoms with Gasteiger partial charge in [-0.25, -0.2) is 0 Å². The minimum Gasteiger partial charge on any atom is -0.379 e. The number of halogens is 2. The number of aromatic nitrogens is 1. The first-order chi connectivity index (χ1) is 16.2. The smallest absolute Gasteiger partial charge is 0.328 e. The van der Waals surface area contributed by atoms with Crippen LogP contribution in [-0.2, 0) is 19.0 Å². The van der Waals surface area contributed by atoms with Crippen LogP contribution in [0, 0.1) is 0 Å². The molecule has 3 heterocycles. The predicted molar refractivity (Wildman–Crippen MR) is 118 cm³/mol. The Morgan fingerprint density at radius 2 is 1.91 bits per heavy atom. The molecule has 2 aliphatic heterocycles. The summed E-state index contributed by atoms with van der Waals surface area (Å²) in [5, 5.41) is 46.0. The van der Waals surface area contributed by atoms with Crippen molar-refractivity contribution in [2.24, 2.45) is 0 Å². The van der Waals surface area contributed by atoms with Crippen molar-refractivity contribution in [3.8, 4) is 0 Å². The third-order valence-electron chi connectivity index (χ3n) is 7.06. The van der Waals surface area contributed by atoms with Gasteiger partial charge in [0.15, 0.2) is 6.23 Å². The molecule has 5 rings (SSSR count). The molecule has 5 atom stereocenters. The Balaban J connectivity index is 1.22. The number of piperidine rings is 1. The van der Waals surface area contributed by atoms with Gasteiger partial charge >= 0.3 is 5.92 Å². The van der Waals surface area contributed by atoms with Crippen LogP contribution < -0.4 is 10.6 Å². The number of alkyl halides is 2. The fraction of sp³-hybridized carbons (Fsp3) is 0.542. The topological polar surface area (TPSA) is 121 Å². The maximum absolute atomic E-state index is 14.7. The number of benzene rings is 1. The van der Waals surface area contributed by atoms with Gasteiger partial charge in [0.05, 0.1) is 6.04 Å².